The minimum Gasteiger partial charge on any atom is -0.423 e. The molecule has 4 heteroatoms. The van der Waals surface area contributed by atoms with Crippen molar-refractivity contribution in [3.05, 3.63) is 42.0 Å². The zero-order valence-electron chi connectivity index (χ0n) is 7.88. The Labute approximate surface area is 87.4 Å². The summed E-state index contributed by atoms with van der Waals surface area (Å²) in [6.07, 6.45) is 0. The summed E-state index contributed by atoms with van der Waals surface area (Å²) in [6.45, 7) is 0. The molecule has 0 aliphatic carbocycles. The van der Waals surface area contributed by atoms with Gasteiger partial charge in [0.2, 0.25) is 0 Å². The maximum absolute atomic E-state index is 9.00. The van der Waals surface area contributed by atoms with Gasteiger partial charge in [0.1, 0.15) is 0 Å². The smallest absolute Gasteiger partial charge is 0.423 e. The van der Waals surface area contributed by atoms with Crippen LogP contribution in [0, 0.1) is 11.3 Å². The molecule has 0 fully saturated rings. The number of fused-ring (bicyclic) bond motifs is 1. The highest BCUT2D eigenvalue weighted by Crippen LogP contribution is 2.14. The van der Waals surface area contributed by atoms with Crippen LogP contribution >= 0.6 is 0 Å². The molecule has 0 unspecified atom stereocenters. The number of hydrogen-bond donors (Lipinski definition) is 2. The molecule has 2 aromatic rings. The average molecular weight is 197 g/mol. The summed E-state index contributed by atoms with van der Waals surface area (Å²) in [5.74, 6) is 0. The van der Waals surface area contributed by atoms with Crippen LogP contribution in [-0.4, -0.2) is 17.2 Å². The fraction of sp³-hybridized carbons (Fsp3) is 0. The highest BCUT2D eigenvalue weighted by molar-refractivity contribution is 6.58. The second kappa shape index (κ2) is 3.74. The van der Waals surface area contributed by atoms with E-state index in [-0.39, 0.29) is 0 Å². The summed E-state index contributed by atoms with van der Waals surface area (Å²) in [4.78, 5) is 0. The molecule has 0 saturated carbocycles. The summed E-state index contributed by atoms with van der Waals surface area (Å²) in [7, 11) is -1.47. The normalized spacial score (nSPS) is 9.93. The van der Waals surface area contributed by atoms with Gasteiger partial charge in [0.05, 0.1) is 11.6 Å². The van der Waals surface area contributed by atoms with E-state index in [9.17, 15) is 0 Å². The second-order valence-corrected chi connectivity index (χ2v) is 3.31. The fourth-order valence-electron chi connectivity index (χ4n) is 1.50. The average Bonchev–Trinajstić information content (AvgIpc) is 2.27. The summed E-state index contributed by atoms with van der Waals surface area (Å²) in [5, 5.41) is 28.5. The van der Waals surface area contributed by atoms with Crippen molar-refractivity contribution in [2.24, 2.45) is 0 Å². The molecule has 0 spiro atoms. The topological polar surface area (TPSA) is 64.2 Å². The number of rotatable bonds is 1. The summed E-state index contributed by atoms with van der Waals surface area (Å²) in [5.41, 5.74) is 0.990. The number of nitriles is 1. The van der Waals surface area contributed by atoms with E-state index in [1.807, 2.05) is 12.1 Å². The highest BCUT2D eigenvalue weighted by Gasteiger charge is 2.10. The molecule has 72 valence electrons. The van der Waals surface area contributed by atoms with Gasteiger partial charge in [-0.25, -0.2) is 0 Å². The van der Waals surface area contributed by atoms with Crippen LogP contribution in [0.4, 0.5) is 0 Å². The molecule has 0 heterocycles. The van der Waals surface area contributed by atoms with E-state index >= 15 is 0 Å². The maximum atomic E-state index is 9.00. The van der Waals surface area contributed by atoms with Gasteiger partial charge >= 0.3 is 7.12 Å². The molecule has 0 aliphatic heterocycles. The Morgan fingerprint density at radius 1 is 1.00 bits per heavy atom. The predicted molar refractivity (Wildman–Crippen MR) is 58.5 cm³/mol. The van der Waals surface area contributed by atoms with E-state index in [4.69, 9.17) is 15.3 Å². The molecular formula is C11H8BNO2. The summed E-state index contributed by atoms with van der Waals surface area (Å²) >= 11 is 0. The quantitative estimate of drug-likeness (QED) is 0.650. The van der Waals surface area contributed by atoms with Gasteiger partial charge in [-0.3, -0.25) is 0 Å². The van der Waals surface area contributed by atoms with Gasteiger partial charge in [-0.05, 0) is 28.4 Å². The van der Waals surface area contributed by atoms with Crippen LogP contribution in [-0.2, 0) is 0 Å². The summed E-state index contributed by atoms with van der Waals surface area (Å²) < 4.78 is 0. The predicted octanol–water partition coefficient (Wildman–Crippen LogP) is 0.391. The Balaban J connectivity index is 2.64. The van der Waals surface area contributed by atoms with E-state index in [0.29, 0.717) is 11.0 Å². The van der Waals surface area contributed by atoms with E-state index in [1.54, 1.807) is 30.3 Å². The van der Waals surface area contributed by atoms with Crippen molar-refractivity contribution in [2.75, 3.05) is 0 Å². The van der Waals surface area contributed by atoms with E-state index in [0.717, 1.165) is 10.8 Å². The number of hydrogen-bond acceptors (Lipinski definition) is 3. The molecule has 3 nitrogen and oxygen atoms in total. The van der Waals surface area contributed by atoms with Gasteiger partial charge in [-0.2, -0.15) is 5.26 Å². The van der Waals surface area contributed by atoms with Crippen LogP contribution in [0.25, 0.3) is 10.8 Å². The summed E-state index contributed by atoms with van der Waals surface area (Å²) in [6, 6.07) is 12.5. The molecule has 2 N–H and O–H groups in total. The lowest BCUT2D eigenvalue weighted by atomic mass is 9.79. The van der Waals surface area contributed by atoms with Gasteiger partial charge in [0.15, 0.2) is 0 Å². The van der Waals surface area contributed by atoms with Gasteiger partial charge < -0.3 is 10.0 Å². The lowest BCUT2D eigenvalue weighted by molar-refractivity contribution is 0.426. The second-order valence-electron chi connectivity index (χ2n) is 3.31. The van der Waals surface area contributed by atoms with Crippen LogP contribution in [0.5, 0.6) is 0 Å². The molecule has 0 amide bonds. The van der Waals surface area contributed by atoms with E-state index < -0.39 is 7.12 Å². The first kappa shape index (κ1) is 9.72. The third-order valence-electron chi connectivity index (χ3n) is 2.29. The molecule has 0 aromatic heterocycles. The first-order valence-electron chi connectivity index (χ1n) is 4.50. The Hall–Kier alpha value is -1.83. The fourth-order valence-corrected chi connectivity index (χ4v) is 1.50. The Morgan fingerprint density at radius 2 is 1.73 bits per heavy atom. The van der Waals surface area contributed by atoms with Crippen LogP contribution in [0.1, 0.15) is 5.56 Å². The molecule has 0 bridgehead atoms. The van der Waals surface area contributed by atoms with Crippen LogP contribution in [0.15, 0.2) is 36.4 Å². The van der Waals surface area contributed by atoms with Crippen molar-refractivity contribution in [3.8, 4) is 6.07 Å². The molecule has 2 aromatic carbocycles. The van der Waals surface area contributed by atoms with Crippen molar-refractivity contribution in [3.63, 3.8) is 0 Å². The van der Waals surface area contributed by atoms with Crippen molar-refractivity contribution in [1.29, 1.82) is 5.26 Å². The first-order valence-corrected chi connectivity index (χ1v) is 4.50. The molecule has 2 rings (SSSR count). The van der Waals surface area contributed by atoms with Crippen LogP contribution < -0.4 is 5.46 Å². The Kier molecular flexibility index (Phi) is 2.42. The molecule has 15 heavy (non-hydrogen) atoms. The standard InChI is InChI=1S/C11H8BNO2/c13-7-8-1-2-9-3-4-11(12(14)15)6-10(9)5-8/h1-6,14-15H. The molecule has 0 atom stereocenters. The maximum Gasteiger partial charge on any atom is 0.488 e. The van der Waals surface area contributed by atoms with Crippen molar-refractivity contribution >= 4 is 23.4 Å². The molecule has 0 aliphatic rings. The minimum atomic E-state index is -1.47. The van der Waals surface area contributed by atoms with Crippen LogP contribution in [0.2, 0.25) is 0 Å². The molecule has 0 radical (unpaired) electrons. The lowest BCUT2D eigenvalue weighted by Gasteiger charge is -2.02. The zero-order valence-corrected chi connectivity index (χ0v) is 7.88. The minimum absolute atomic E-state index is 0.428. The first-order chi connectivity index (χ1) is 7.20. The van der Waals surface area contributed by atoms with Gasteiger partial charge in [0.25, 0.3) is 0 Å². The van der Waals surface area contributed by atoms with Gasteiger partial charge in [-0.15, -0.1) is 0 Å². The highest BCUT2D eigenvalue weighted by atomic mass is 16.4. The monoisotopic (exact) mass is 197 g/mol. The third kappa shape index (κ3) is 1.84. The number of nitrogens with zero attached hydrogens (tertiary/aromatic N) is 1. The van der Waals surface area contributed by atoms with Gasteiger partial charge in [0, 0.05) is 0 Å². The molecular weight excluding hydrogens is 189 g/mol. The van der Waals surface area contributed by atoms with Crippen molar-refractivity contribution in [2.45, 2.75) is 0 Å². The van der Waals surface area contributed by atoms with Crippen molar-refractivity contribution in [1.82, 2.24) is 0 Å². The molecule has 0 saturated heterocycles. The van der Waals surface area contributed by atoms with Crippen LogP contribution in [0.3, 0.4) is 0 Å². The zero-order chi connectivity index (χ0) is 10.8. The third-order valence-corrected chi connectivity index (χ3v) is 2.29. The number of benzene rings is 2. The SMILES string of the molecule is N#Cc1ccc2ccc(B(O)O)cc2c1. The van der Waals surface area contributed by atoms with Gasteiger partial charge in [-0.1, -0.05) is 24.3 Å². The lowest BCUT2D eigenvalue weighted by Crippen LogP contribution is -2.29. The largest absolute Gasteiger partial charge is 0.488 e. The van der Waals surface area contributed by atoms with E-state index in [1.165, 1.54) is 0 Å². The van der Waals surface area contributed by atoms with E-state index in [2.05, 4.69) is 0 Å². The Morgan fingerprint density at radius 3 is 2.40 bits per heavy atom. The van der Waals surface area contributed by atoms with Crippen molar-refractivity contribution < 1.29 is 10.0 Å². The Bertz CT molecular complexity index is 546.